The zero-order valence-corrected chi connectivity index (χ0v) is 15.9. The maximum absolute atomic E-state index is 13.1. The van der Waals surface area contributed by atoms with Crippen molar-refractivity contribution in [1.82, 2.24) is 15.4 Å². The number of aromatic nitrogens is 1. The molecule has 3 aliphatic rings. The molecule has 1 saturated carbocycles. The first-order valence-electron chi connectivity index (χ1n) is 9.64. The number of halogens is 1. The Hall–Kier alpha value is -2.12. The van der Waals surface area contributed by atoms with E-state index in [2.05, 4.69) is 10.5 Å². The summed E-state index contributed by atoms with van der Waals surface area (Å²) in [4.78, 5) is 26.8. The molecular formula is C19H26FN3O4. The minimum atomic E-state index is -0.887. The average Bonchev–Trinajstić information content (AvgIpc) is 3.00. The van der Waals surface area contributed by atoms with Gasteiger partial charge in [-0.2, -0.15) is 0 Å². The van der Waals surface area contributed by atoms with Crippen LogP contribution in [0.1, 0.15) is 75.0 Å². The number of carbonyl (C=O) groups is 2. The molecule has 0 radical (unpaired) electrons. The predicted octanol–water partition coefficient (Wildman–Crippen LogP) is 3.16. The van der Waals surface area contributed by atoms with Gasteiger partial charge < -0.3 is 19.5 Å². The smallest absolute Gasteiger partial charge is 0.410 e. The van der Waals surface area contributed by atoms with E-state index in [4.69, 9.17) is 9.26 Å². The summed E-state index contributed by atoms with van der Waals surface area (Å²) in [5.41, 5.74) is -0.335. The molecule has 2 saturated heterocycles. The van der Waals surface area contributed by atoms with Crippen LogP contribution < -0.4 is 5.32 Å². The van der Waals surface area contributed by atoms with Gasteiger partial charge >= 0.3 is 6.09 Å². The van der Waals surface area contributed by atoms with Crippen LogP contribution in [0.2, 0.25) is 0 Å². The van der Waals surface area contributed by atoms with Crippen LogP contribution >= 0.6 is 0 Å². The van der Waals surface area contributed by atoms with Gasteiger partial charge in [0.2, 0.25) is 0 Å². The lowest BCUT2D eigenvalue weighted by Gasteiger charge is -2.39. The molecule has 3 fully saturated rings. The Balaban J connectivity index is 1.35. The van der Waals surface area contributed by atoms with Crippen molar-refractivity contribution in [2.45, 2.75) is 88.7 Å². The summed E-state index contributed by atoms with van der Waals surface area (Å²) in [5, 5.41) is 6.77. The zero-order chi connectivity index (χ0) is 19.3. The molecule has 1 aliphatic carbocycles. The van der Waals surface area contributed by atoms with Crippen LogP contribution in [0.4, 0.5) is 9.18 Å². The fourth-order valence-corrected chi connectivity index (χ4v) is 4.20. The van der Waals surface area contributed by atoms with Crippen LogP contribution in [-0.2, 0) is 4.74 Å². The summed E-state index contributed by atoms with van der Waals surface area (Å²) >= 11 is 0. The normalized spacial score (nSPS) is 32.3. The third-order valence-electron chi connectivity index (χ3n) is 5.51. The van der Waals surface area contributed by atoms with Crippen molar-refractivity contribution in [2.24, 2.45) is 0 Å². The highest BCUT2D eigenvalue weighted by atomic mass is 19.1. The van der Waals surface area contributed by atoms with Crippen molar-refractivity contribution in [3.05, 3.63) is 17.5 Å². The van der Waals surface area contributed by atoms with E-state index in [9.17, 15) is 14.0 Å². The van der Waals surface area contributed by atoms with Gasteiger partial charge in [-0.25, -0.2) is 9.18 Å². The molecule has 27 heavy (non-hydrogen) atoms. The molecule has 5 atom stereocenters. The predicted molar refractivity (Wildman–Crippen MR) is 94.1 cm³/mol. The van der Waals surface area contributed by atoms with Crippen LogP contribution in [0.25, 0.3) is 0 Å². The van der Waals surface area contributed by atoms with Crippen LogP contribution in [-0.4, -0.2) is 52.0 Å². The van der Waals surface area contributed by atoms with Gasteiger partial charge in [-0.05, 0) is 52.9 Å². The Bertz CT molecular complexity index is 730. The molecule has 0 spiro atoms. The lowest BCUT2D eigenvalue weighted by molar-refractivity contribution is 0.00499. The van der Waals surface area contributed by atoms with Crippen molar-refractivity contribution in [1.29, 1.82) is 0 Å². The number of nitrogens with one attached hydrogen (secondary N) is 1. The minimum Gasteiger partial charge on any atom is -0.444 e. The Morgan fingerprint density at radius 1 is 1.26 bits per heavy atom. The Labute approximate surface area is 157 Å². The largest absolute Gasteiger partial charge is 0.444 e. The third-order valence-corrected chi connectivity index (χ3v) is 5.51. The Kier molecular flexibility index (Phi) is 4.39. The molecule has 2 aliphatic heterocycles. The fourth-order valence-electron chi connectivity index (χ4n) is 4.20. The minimum absolute atomic E-state index is 0.0244. The zero-order valence-electron chi connectivity index (χ0n) is 15.9. The molecule has 1 aromatic rings. The van der Waals surface area contributed by atoms with Gasteiger partial charge in [0.1, 0.15) is 17.5 Å². The Morgan fingerprint density at radius 3 is 2.44 bits per heavy atom. The van der Waals surface area contributed by atoms with E-state index >= 15 is 0 Å². The number of hydrogen-bond donors (Lipinski definition) is 1. The van der Waals surface area contributed by atoms with Crippen molar-refractivity contribution in [3.63, 3.8) is 0 Å². The first-order chi connectivity index (χ1) is 12.7. The standard InChI is InChI=1S/C19H26FN3O4/c1-19(2,3)26-18(25)23-11-4-5-12(23)7-10(6-11)21-17(24)15-9-16(27-22-15)13-8-14(13)20/h9-14H,4-8H2,1-3H3,(H,21,24)/t10?,11-,12+,13-,14-/m1/s1. The number of alkyl halides is 1. The number of carbonyl (C=O) groups excluding carboxylic acids is 2. The van der Waals surface area contributed by atoms with Gasteiger partial charge in [0.15, 0.2) is 5.69 Å². The van der Waals surface area contributed by atoms with Gasteiger partial charge in [-0.3, -0.25) is 4.79 Å². The van der Waals surface area contributed by atoms with E-state index in [1.165, 1.54) is 6.07 Å². The number of fused-ring (bicyclic) bond motifs is 2. The highest BCUT2D eigenvalue weighted by molar-refractivity contribution is 5.92. The highest BCUT2D eigenvalue weighted by Gasteiger charge is 2.45. The van der Waals surface area contributed by atoms with Crippen LogP contribution in [0.15, 0.2) is 10.6 Å². The van der Waals surface area contributed by atoms with Crippen molar-refractivity contribution in [3.8, 4) is 0 Å². The van der Waals surface area contributed by atoms with Crippen molar-refractivity contribution >= 4 is 12.0 Å². The first-order valence-corrected chi connectivity index (χ1v) is 9.64. The topological polar surface area (TPSA) is 84.7 Å². The molecule has 1 N–H and O–H groups in total. The van der Waals surface area contributed by atoms with Gasteiger partial charge in [0, 0.05) is 24.2 Å². The molecule has 2 bridgehead atoms. The van der Waals surface area contributed by atoms with Gasteiger partial charge in [0.25, 0.3) is 5.91 Å². The second kappa shape index (κ2) is 6.49. The summed E-state index contributed by atoms with van der Waals surface area (Å²) in [6, 6.07) is 1.67. The van der Waals surface area contributed by atoms with Gasteiger partial charge in [-0.1, -0.05) is 5.16 Å². The Morgan fingerprint density at radius 2 is 1.89 bits per heavy atom. The van der Waals surface area contributed by atoms with Crippen LogP contribution in [0, 0.1) is 0 Å². The number of piperidine rings is 1. The quantitative estimate of drug-likeness (QED) is 0.872. The van der Waals surface area contributed by atoms with Gasteiger partial charge in [-0.15, -0.1) is 0 Å². The monoisotopic (exact) mass is 379 g/mol. The number of hydrogen-bond acceptors (Lipinski definition) is 5. The fraction of sp³-hybridized carbons (Fsp3) is 0.737. The molecule has 0 aromatic carbocycles. The lowest BCUT2D eigenvalue weighted by Crippen LogP contribution is -2.53. The second-order valence-corrected chi connectivity index (χ2v) is 8.89. The summed E-state index contributed by atoms with van der Waals surface area (Å²) in [6.07, 6.45) is 2.51. The number of nitrogens with zero attached hydrogens (tertiary/aromatic N) is 2. The van der Waals surface area contributed by atoms with E-state index < -0.39 is 11.8 Å². The van der Waals surface area contributed by atoms with E-state index in [-0.39, 0.29) is 41.7 Å². The summed E-state index contributed by atoms with van der Waals surface area (Å²) in [5.74, 6) is -0.129. The third kappa shape index (κ3) is 3.80. The molecule has 4 rings (SSSR count). The second-order valence-electron chi connectivity index (χ2n) is 8.89. The van der Waals surface area contributed by atoms with Crippen molar-refractivity contribution in [2.75, 3.05) is 0 Å². The highest BCUT2D eigenvalue weighted by Crippen LogP contribution is 2.43. The van der Waals surface area contributed by atoms with E-state index in [0.29, 0.717) is 25.0 Å². The van der Waals surface area contributed by atoms with Crippen LogP contribution in [0.3, 0.4) is 0 Å². The first kappa shape index (κ1) is 18.3. The summed E-state index contributed by atoms with van der Waals surface area (Å²) in [7, 11) is 0. The average molecular weight is 379 g/mol. The molecule has 7 nitrogen and oxygen atoms in total. The van der Waals surface area contributed by atoms with E-state index in [1.54, 1.807) is 0 Å². The molecule has 3 heterocycles. The number of amides is 2. The molecule has 148 valence electrons. The lowest BCUT2D eigenvalue weighted by atomic mass is 9.97. The number of ether oxygens (including phenoxy) is 1. The maximum Gasteiger partial charge on any atom is 0.410 e. The maximum atomic E-state index is 13.1. The number of rotatable bonds is 3. The van der Waals surface area contributed by atoms with Gasteiger partial charge in [0.05, 0.1) is 5.92 Å². The van der Waals surface area contributed by atoms with Crippen LogP contribution in [0.5, 0.6) is 0 Å². The molecular weight excluding hydrogens is 353 g/mol. The molecule has 1 aromatic heterocycles. The molecule has 1 unspecified atom stereocenters. The summed E-state index contributed by atoms with van der Waals surface area (Å²) < 4.78 is 23.7. The molecule has 2 amide bonds. The molecule has 8 heteroatoms. The van der Waals surface area contributed by atoms with Crippen molar-refractivity contribution < 1.29 is 23.2 Å². The van der Waals surface area contributed by atoms with E-state index in [1.807, 2.05) is 25.7 Å². The SMILES string of the molecule is CC(C)(C)OC(=O)N1[C@@H]2CC[C@H]1CC(NC(=O)c1cc([C@@H]3C[C@H]3F)on1)C2. The van der Waals surface area contributed by atoms with E-state index in [0.717, 1.165) is 12.8 Å². The summed E-state index contributed by atoms with van der Waals surface area (Å²) in [6.45, 7) is 5.58.